The van der Waals surface area contributed by atoms with Gasteiger partial charge >= 0.3 is 6.09 Å². The van der Waals surface area contributed by atoms with Gasteiger partial charge in [-0.1, -0.05) is 11.6 Å². The number of aromatic nitrogens is 1. The van der Waals surface area contributed by atoms with Gasteiger partial charge in [-0.15, -0.1) is 0 Å². The van der Waals surface area contributed by atoms with Crippen LogP contribution in [0.2, 0.25) is 5.02 Å². The molecule has 0 aliphatic heterocycles. The van der Waals surface area contributed by atoms with E-state index in [0.717, 1.165) is 0 Å². The standard InChI is InChI=1S/C8H11ClN2O4S/c1-11(2)8(12)14-7-6(9)5(15-10-7)4-16(3)13/h4H2,1-3H3. The predicted molar refractivity (Wildman–Crippen MR) is 59.0 cm³/mol. The first-order valence-corrected chi connectivity index (χ1v) is 6.35. The van der Waals surface area contributed by atoms with Gasteiger partial charge in [-0.25, -0.2) is 4.79 Å². The first-order chi connectivity index (χ1) is 7.41. The second kappa shape index (κ2) is 5.42. The van der Waals surface area contributed by atoms with Gasteiger partial charge in [-0.3, -0.25) is 0 Å². The Morgan fingerprint density at radius 2 is 2.31 bits per heavy atom. The van der Waals surface area contributed by atoms with Gasteiger partial charge in [0.1, 0.15) is 0 Å². The maximum absolute atomic E-state index is 11.2. The van der Waals surface area contributed by atoms with Crippen molar-refractivity contribution < 1.29 is 18.6 Å². The Hall–Kier alpha value is -0.920. The van der Waals surface area contributed by atoms with E-state index in [0.29, 0.717) is 0 Å². The predicted octanol–water partition coefficient (Wildman–Crippen LogP) is 1.27. The van der Waals surface area contributed by atoms with Crippen molar-refractivity contribution in [2.24, 2.45) is 0 Å². The Balaban J connectivity index is 2.76. The zero-order valence-electron chi connectivity index (χ0n) is 9.02. The van der Waals surface area contributed by atoms with Gasteiger partial charge in [0, 0.05) is 14.1 Å². The molecule has 1 aromatic heterocycles. The topological polar surface area (TPSA) is 78.6 Å². The average Bonchev–Trinajstić information content (AvgIpc) is 2.49. The molecular formula is C8H11ClN2O4S. The van der Waals surface area contributed by atoms with Crippen molar-refractivity contribution in [2.75, 3.05) is 20.4 Å². The third-order valence-corrected chi connectivity index (χ3v) is 2.60. The van der Waals surface area contributed by atoms with Crippen molar-refractivity contribution in [1.29, 1.82) is 0 Å². The lowest BCUT2D eigenvalue weighted by Gasteiger charge is -2.07. The molecule has 1 atom stereocenters. The number of carbonyl (C=O) groups excluding carboxylic acids is 1. The Kier molecular flexibility index (Phi) is 4.45. The van der Waals surface area contributed by atoms with E-state index in [2.05, 4.69) is 5.16 Å². The highest BCUT2D eigenvalue weighted by atomic mass is 35.5. The van der Waals surface area contributed by atoms with Crippen molar-refractivity contribution in [2.45, 2.75) is 5.75 Å². The van der Waals surface area contributed by atoms with E-state index < -0.39 is 17.3 Å². The van der Waals surface area contributed by atoms with E-state index in [4.69, 9.17) is 20.9 Å². The molecular weight excluding hydrogens is 256 g/mol. The molecule has 1 aromatic rings. The lowest BCUT2D eigenvalue weighted by molar-refractivity contribution is 0.167. The van der Waals surface area contributed by atoms with Crippen LogP contribution in [0.3, 0.4) is 0 Å². The SMILES string of the molecule is CN(C)C(=O)Oc1noc(C[S+](C)[O-])c1Cl. The molecule has 1 unspecified atom stereocenters. The minimum Gasteiger partial charge on any atom is -0.616 e. The van der Waals surface area contributed by atoms with E-state index in [9.17, 15) is 9.35 Å². The van der Waals surface area contributed by atoms with Gasteiger partial charge in [0.2, 0.25) is 5.76 Å². The van der Waals surface area contributed by atoms with Crippen LogP contribution in [0, 0.1) is 0 Å². The summed E-state index contributed by atoms with van der Waals surface area (Å²) in [5.41, 5.74) is 0. The second-order valence-corrected chi connectivity index (χ2v) is 5.02. The minimum atomic E-state index is -1.10. The van der Waals surface area contributed by atoms with Crippen LogP contribution in [-0.4, -0.2) is 41.1 Å². The fourth-order valence-electron chi connectivity index (χ4n) is 0.808. The van der Waals surface area contributed by atoms with Crippen LogP contribution >= 0.6 is 11.6 Å². The molecule has 0 aliphatic carbocycles. The van der Waals surface area contributed by atoms with E-state index >= 15 is 0 Å². The number of hydrogen-bond acceptors (Lipinski definition) is 5. The highest BCUT2D eigenvalue weighted by Gasteiger charge is 2.21. The van der Waals surface area contributed by atoms with Crippen molar-refractivity contribution in [3.05, 3.63) is 10.8 Å². The van der Waals surface area contributed by atoms with Crippen LogP contribution in [0.5, 0.6) is 5.88 Å². The third-order valence-electron chi connectivity index (χ3n) is 1.55. The van der Waals surface area contributed by atoms with Crippen LogP contribution in [0.1, 0.15) is 5.76 Å². The van der Waals surface area contributed by atoms with Crippen molar-refractivity contribution in [3.8, 4) is 5.88 Å². The smallest absolute Gasteiger partial charge is 0.416 e. The highest BCUT2D eigenvalue weighted by molar-refractivity contribution is 7.89. The lowest BCUT2D eigenvalue weighted by atomic mass is 10.5. The molecule has 0 spiro atoms. The maximum Gasteiger partial charge on any atom is 0.416 e. The number of amides is 1. The van der Waals surface area contributed by atoms with Crippen LogP contribution < -0.4 is 4.74 Å². The first-order valence-electron chi connectivity index (χ1n) is 4.25. The molecule has 0 saturated heterocycles. The zero-order chi connectivity index (χ0) is 12.3. The molecule has 0 fully saturated rings. The second-order valence-electron chi connectivity index (χ2n) is 3.20. The summed E-state index contributed by atoms with van der Waals surface area (Å²) < 4.78 is 20.6. The molecule has 0 N–H and O–H groups in total. The molecule has 6 nitrogen and oxygen atoms in total. The number of rotatable bonds is 3. The monoisotopic (exact) mass is 266 g/mol. The lowest BCUT2D eigenvalue weighted by Crippen LogP contribution is -2.25. The van der Waals surface area contributed by atoms with Crippen molar-refractivity contribution >= 4 is 28.9 Å². The summed E-state index contributed by atoms with van der Waals surface area (Å²) in [5, 5.41) is 3.55. The Labute approximate surface area is 101 Å². The quantitative estimate of drug-likeness (QED) is 0.770. The van der Waals surface area contributed by atoms with Crippen LogP contribution in [0.25, 0.3) is 0 Å². The molecule has 0 radical (unpaired) electrons. The molecule has 1 rings (SSSR count). The molecule has 0 saturated carbocycles. The van der Waals surface area contributed by atoms with Crippen LogP contribution in [0.15, 0.2) is 4.52 Å². The van der Waals surface area contributed by atoms with Gasteiger partial charge in [-0.2, -0.15) is 0 Å². The minimum absolute atomic E-state index is 0.0744. The van der Waals surface area contributed by atoms with Crippen molar-refractivity contribution in [1.82, 2.24) is 10.1 Å². The highest BCUT2D eigenvalue weighted by Crippen LogP contribution is 2.28. The molecule has 16 heavy (non-hydrogen) atoms. The van der Waals surface area contributed by atoms with Crippen LogP contribution in [0.4, 0.5) is 4.79 Å². The van der Waals surface area contributed by atoms with Gasteiger partial charge in [-0.05, 0) is 16.3 Å². The zero-order valence-corrected chi connectivity index (χ0v) is 10.6. The average molecular weight is 267 g/mol. The van der Waals surface area contributed by atoms with E-state index in [1.54, 1.807) is 0 Å². The molecule has 0 aliphatic rings. The van der Waals surface area contributed by atoms with Crippen molar-refractivity contribution in [3.63, 3.8) is 0 Å². The van der Waals surface area contributed by atoms with E-state index in [1.807, 2.05) is 0 Å². The fraction of sp³-hybridized carbons (Fsp3) is 0.500. The van der Waals surface area contributed by atoms with Crippen LogP contribution in [-0.2, 0) is 16.9 Å². The Bertz CT molecular complexity index is 380. The first kappa shape index (κ1) is 13.1. The summed E-state index contributed by atoms with van der Waals surface area (Å²) >= 11 is 4.73. The largest absolute Gasteiger partial charge is 0.616 e. The summed E-state index contributed by atoms with van der Waals surface area (Å²) in [6, 6.07) is 0. The molecule has 1 amide bonds. The summed E-state index contributed by atoms with van der Waals surface area (Å²) in [4.78, 5) is 12.4. The van der Waals surface area contributed by atoms with Gasteiger partial charge in [0.05, 0.1) is 6.26 Å². The third kappa shape index (κ3) is 3.29. The number of hydrogen-bond donors (Lipinski definition) is 0. The summed E-state index contributed by atoms with van der Waals surface area (Å²) in [5.74, 6) is 0.260. The molecule has 0 aromatic carbocycles. The van der Waals surface area contributed by atoms with Gasteiger partial charge in [0.15, 0.2) is 10.8 Å². The maximum atomic E-state index is 11.2. The normalized spacial score (nSPS) is 12.3. The van der Waals surface area contributed by atoms with Gasteiger partial charge < -0.3 is 18.7 Å². The number of halogens is 1. The summed E-state index contributed by atoms with van der Waals surface area (Å²) in [6.07, 6.45) is 0.893. The Morgan fingerprint density at radius 1 is 1.69 bits per heavy atom. The molecule has 8 heteroatoms. The van der Waals surface area contributed by atoms with E-state index in [1.165, 1.54) is 25.3 Å². The molecule has 90 valence electrons. The number of carbonyl (C=O) groups is 1. The Morgan fingerprint density at radius 3 is 2.81 bits per heavy atom. The van der Waals surface area contributed by atoms with Gasteiger partial charge in [0.25, 0.3) is 5.88 Å². The summed E-state index contributed by atoms with van der Waals surface area (Å²) in [6.45, 7) is 0. The van der Waals surface area contributed by atoms with E-state index in [-0.39, 0.29) is 22.4 Å². The molecule has 0 bridgehead atoms. The fourth-order valence-corrected chi connectivity index (χ4v) is 1.63. The number of ether oxygens (including phenoxy) is 1. The summed E-state index contributed by atoms with van der Waals surface area (Å²) in [7, 11) is 3.05. The molecule has 1 heterocycles. The number of nitrogens with zero attached hydrogens (tertiary/aromatic N) is 2.